The summed E-state index contributed by atoms with van der Waals surface area (Å²) < 4.78 is 5.17. The molecule has 0 saturated carbocycles. The zero-order valence-electron chi connectivity index (χ0n) is 13.6. The molecule has 2 aromatic carbocycles. The van der Waals surface area contributed by atoms with Crippen LogP contribution < -0.4 is 10.2 Å². The van der Waals surface area contributed by atoms with Gasteiger partial charge in [0, 0.05) is 10.9 Å². The van der Waals surface area contributed by atoms with E-state index in [1.807, 2.05) is 30.3 Å². The summed E-state index contributed by atoms with van der Waals surface area (Å²) >= 11 is 0. The first-order valence-corrected chi connectivity index (χ1v) is 7.76. The standard InChI is InChI=1S/C19H15N3O4/c23-18(24)12-26-17-8-4-2-6-14(17)11-20-22-19(25)16-10-9-13-5-1-3-7-15(13)21-16/h1-11H,12H2,(H,22,25)(H,23,24)/b20-11+. The van der Waals surface area contributed by atoms with E-state index in [-0.39, 0.29) is 5.69 Å². The Kier molecular flexibility index (Phi) is 5.19. The first kappa shape index (κ1) is 17.1. The van der Waals surface area contributed by atoms with Gasteiger partial charge in [0.1, 0.15) is 11.4 Å². The number of nitrogens with zero attached hydrogens (tertiary/aromatic N) is 2. The van der Waals surface area contributed by atoms with Crippen molar-refractivity contribution in [2.75, 3.05) is 6.61 Å². The molecular formula is C19H15N3O4. The van der Waals surface area contributed by atoms with Gasteiger partial charge in [0.2, 0.25) is 0 Å². The highest BCUT2D eigenvalue weighted by Crippen LogP contribution is 2.15. The number of carboxylic acid groups (broad SMARTS) is 1. The van der Waals surface area contributed by atoms with Gasteiger partial charge in [-0.15, -0.1) is 0 Å². The molecule has 0 unspecified atom stereocenters. The highest BCUT2D eigenvalue weighted by molar-refractivity contribution is 5.95. The van der Waals surface area contributed by atoms with Crippen LogP contribution in [0.2, 0.25) is 0 Å². The van der Waals surface area contributed by atoms with Crippen molar-refractivity contribution in [1.29, 1.82) is 0 Å². The Morgan fingerprint density at radius 1 is 1.08 bits per heavy atom. The van der Waals surface area contributed by atoms with Crippen molar-refractivity contribution in [3.63, 3.8) is 0 Å². The van der Waals surface area contributed by atoms with Crippen molar-refractivity contribution in [1.82, 2.24) is 10.4 Å². The van der Waals surface area contributed by atoms with Crippen LogP contribution in [0.1, 0.15) is 16.1 Å². The lowest BCUT2D eigenvalue weighted by Gasteiger charge is -2.06. The fraction of sp³-hybridized carbons (Fsp3) is 0.0526. The maximum atomic E-state index is 12.2. The minimum Gasteiger partial charge on any atom is -0.481 e. The molecule has 0 aliphatic carbocycles. The smallest absolute Gasteiger partial charge is 0.341 e. The lowest BCUT2D eigenvalue weighted by atomic mass is 10.2. The number of aliphatic carboxylic acids is 1. The van der Waals surface area contributed by atoms with Crippen molar-refractivity contribution >= 4 is 29.0 Å². The van der Waals surface area contributed by atoms with Crippen LogP contribution in [0.5, 0.6) is 5.75 Å². The molecule has 0 bridgehead atoms. The third-order valence-corrected chi connectivity index (χ3v) is 3.47. The van der Waals surface area contributed by atoms with Crippen molar-refractivity contribution in [3.05, 3.63) is 71.9 Å². The first-order valence-electron chi connectivity index (χ1n) is 7.76. The lowest BCUT2D eigenvalue weighted by molar-refractivity contribution is -0.139. The van der Waals surface area contributed by atoms with Gasteiger partial charge >= 0.3 is 5.97 Å². The number of rotatable bonds is 6. The predicted octanol–water partition coefficient (Wildman–Crippen LogP) is 2.46. The quantitative estimate of drug-likeness (QED) is 0.526. The van der Waals surface area contributed by atoms with Crippen molar-refractivity contribution < 1.29 is 19.4 Å². The summed E-state index contributed by atoms with van der Waals surface area (Å²) in [7, 11) is 0. The number of hydrogen-bond acceptors (Lipinski definition) is 5. The maximum absolute atomic E-state index is 12.2. The van der Waals surface area contributed by atoms with Gasteiger partial charge in [-0.3, -0.25) is 4.79 Å². The molecule has 0 aliphatic rings. The van der Waals surface area contributed by atoms with Crippen LogP contribution in [0.15, 0.2) is 65.8 Å². The third kappa shape index (κ3) is 4.21. The number of aromatic nitrogens is 1. The number of hydrogen-bond donors (Lipinski definition) is 2. The highest BCUT2D eigenvalue weighted by atomic mass is 16.5. The first-order chi connectivity index (χ1) is 12.6. The van der Waals surface area contributed by atoms with Crippen LogP contribution in [0.25, 0.3) is 10.9 Å². The number of nitrogens with one attached hydrogen (secondary N) is 1. The molecule has 3 rings (SSSR count). The largest absolute Gasteiger partial charge is 0.481 e. The van der Waals surface area contributed by atoms with Gasteiger partial charge in [-0.2, -0.15) is 5.10 Å². The van der Waals surface area contributed by atoms with Crippen molar-refractivity contribution in [3.8, 4) is 5.75 Å². The van der Waals surface area contributed by atoms with Gasteiger partial charge < -0.3 is 9.84 Å². The molecule has 3 aromatic rings. The zero-order chi connectivity index (χ0) is 18.4. The molecular weight excluding hydrogens is 334 g/mol. The fourth-order valence-electron chi connectivity index (χ4n) is 2.27. The molecule has 26 heavy (non-hydrogen) atoms. The van der Waals surface area contributed by atoms with Gasteiger partial charge in [-0.1, -0.05) is 36.4 Å². The topological polar surface area (TPSA) is 101 Å². The number of carbonyl (C=O) groups is 2. The van der Waals surface area contributed by atoms with E-state index in [1.165, 1.54) is 6.21 Å². The Morgan fingerprint density at radius 3 is 2.69 bits per heavy atom. The van der Waals surface area contributed by atoms with Gasteiger partial charge in [-0.25, -0.2) is 15.2 Å². The second kappa shape index (κ2) is 7.89. The fourth-order valence-corrected chi connectivity index (χ4v) is 2.27. The van der Waals surface area contributed by atoms with E-state index in [4.69, 9.17) is 9.84 Å². The maximum Gasteiger partial charge on any atom is 0.341 e. The Balaban J connectivity index is 1.69. The van der Waals surface area contributed by atoms with Crippen molar-refractivity contribution in [2.24, 2.45) is 5.10 Å². The van der Waals surface area contributed by atoms with E-state index < -0.39 is 18.5 Å². The summed E-state index contributed by atoms with van der Waals surface area (Å²) in [6, 6.07) is 17.7. The van der Waals surface area contributed by atoms with Crippen LogP contribution in [0.3, 0.4) is 0 Å². The number of benzene rings is 2. The molecule has 7 nitrogen and oxygen atoms in total. The second-order valence-corrected chi connectivity index (χ2v) is 5.31. The van der Waals surface area contributed by atoms with Gasteiger partial charge in [0.25, 0.3) is 5.91 Å². The van der Waals surface area contributed by atoms with Crippen LogP contribution in [0, 0.1) is 0 Å². The average molecular weight is 349 g/mol. The summed E-state index contributed by atoms with van der Waals surface area (Å²) in [5.41, 5.74) is 3.91. The molecule has 0 spiro atoms. The number of hydrazone groups is 1. The van der Waals surface area contributed by atoms with Crippen LogP contribution in [0.4, 0.5) is 0 Å². The average Bonchev–Trinajstić information content (AvgIpc) is 2.66. The molecule has 0 aliphatic heterocycles. The lowest BCUT2D eigenvalue weighted by Crippen LogP contribution is -2.19. The highest BCUT2D eigenvalue weighted by Gasteiger charge is 2.07. The van der Waals surface area contributed by atoms with Gasteiger partial charge in [0.05, 0.1) is 11.7 Å². The summed E-state index contributed by atoms with van der Waals surface area (Å²) in [5.74, 6) is -1.17. The number of ether oxygens (including phenoxy) is 1. The minimum atomic E-state index is -1.08. The summed E-state index contributed by atoms with van der Waals surface area (Å²) in [4.78, 5) is 27.1. The summed E-state index contributed by atoms with van der Waals surface area (Å²) in [6.07, 6.45) is 1.39. The Labute approximate surface area is 148 Å². The van der Waals surface area contributed by atoms with Crippen LogP contribution >= 0.6 is 0 Å². The van der Waals surface area contributed by atoms with E-state index in [2.05, 4.69) is 15.5 Å². The molecule has 0 fully saturated rings. The predicted molar refractivity (Wildman–Crippen MR) is 96.4 cm³/mol. The Hall–Kier alpha value is -3.74. The Morgan fingerprint density at radius 2 is 1.85 bits per heavy atom. The second-order valence-electron chi connectivity index (χ2n) is 5.31. The molecule has 1 heterocycles. The van der Waals surface area contributed by atoms with E-state index in [0.717, 1.165) is 10.9 Å². The normalized spacial score (nSPS) is 10.8. The van der Waals surface area contributed by atoms with E-state index in [0.29, 0.717) is 11.3 Å². The van der Waals surface area contributed by atoms with Crippen molar-refractivity contribution in [2.45, 2.75) is 0 Å². The Bertz CT molecular complexity index is 985. The summed E-state index contributed by atoms with van der Waals surface area (Å²) in [5, 5.41) is 13.5. The monoisotopic (exact) mass is 349 g/mol. The number of carboxylic acids is 1. The third-order valence-electron chi connectivity index (χ3n) is 3.47. The number of carbonyl (C=O) groups excluding carboxylic acids is 1. The molecule has 7 heteroatoms. The molecule has 2 N–H and O–H groups in total. The number of amides is 1. The SMILES string of the molecule is O=C(O)COc1ccccc1/C=N/NC(=O)c1ccc2ccccc2n1. The number of pyridine rings is 1. The molecule has 0 radical (unpaired) electrons. The zero-order valence-corrected chi connectivity index (χ0v) is 13.6. The molecule has 0 saturated heterocycles. The van der Waals surface area contributed by atoms with E-state index >= 15 is 0 Å². The molecule has 1 amide bonds. The van der Waals surface area contributed by atoms with Gasteiger partial charge in [0.15, 0.2) is 6.61 Å². The number of fused-ring (bicyclic) bond motifs is 1. The van der Waals surface area contributed by atoms with Gasteiger partial charge in [-0.05, 0) is 24.3 Å². The number of para-hydroxylation sites is 2. The molecule has 0 atom stereocenters. The molecule has 1 aromatic heterocycles. The van der Waals surface area contributed by atoms with E-state index in [1.54, 1.807) is 30.3 Å². The minimum absolute atomic E-state index is 0.247. The summed E-state index contributed by atoms with van der Waals surface area (Å²) in [6.45, 7) is -0.460. The van der Waals surface area contributed by atoms with Crippen LogP contribution in [-0.4, -0.2) is 34.8 Å². The van der Waals surface area contributed by atoms with Crippen LogP contribution in [-0.2, 0) is 4.79 Å². The van der Waals surface area contributed by atoms with E-state index in [9.17, 15) is 9.59 Å². The molecule has 130 valence electrons.